The minimum absolute atomic E-state index is 0.267. The van der Waals surface area contributed by atoms with Crippen LogP contribution in [0.5, 0.6) is 12.0 Å². The van der Waals surface area contributed by atoms with Gasteiger partial charge in [-0.2, -0.15) is 21.7 Å². The van der Waals surface area contributed by atoms with E-state index in [9.17, 15) is 0 Å². The number of hydrogen-bond acceptors (Lipinski definition) is 7. The first-order chi connectivity index (χ1) is 8.75. The first-order valence-electron chi connectivity index (χ1n) is 5.88. The molecule has 0 bridgehead atoms. The van der Waals surface area contributed by atoms with E-state index in [1.54, 1.807) is 0 Å². The van der Waals surface area contributed by atoms with Gasteiger partial charge in [0, 0.05) is 11.3 Å². The van der Waals surface area contributed by atoms with Gasteiger partial charge in [0.25, 0.3) is 0 Å². The maximum absolute atomic E-state index is 5.02. The number of rotatable bonds is 5. The minimum atomic E-state index is 0.267. The topological polar surface area (TPSA) is 69.2 Å². The van der Waals surface area contributed by atoms with E-state index in [2.05, 4.69) is 26.5 Å². The van der Waals surface area contributed by atoms with Crippen LogP contribution in [-0.2, 0) is 0 Å². The maximum atomic E-state index is 5.02. The summed E-state index contributed by atoms with van der Waals surface area (Å²) in [5.74, 6) is 0.519. The lowest BCUT2D eigenvalue weighted by molar-refractivity contribution is 0.341. The Hall–Kier alpha value is -1.24. The van der Waals surface area contributed by atoms with Crippen molar-refractivity contribution in [2.45, 2.75) is 30.6 Å². The van der Waals surface area contributed by atoms with E-state index in [0.717, 1.165) is 18.1 Å². The minimum Gasteiger partial charge on any atom is -0.467 e. The summed E-state index contributed by atoms with van der Waals surface area (Å²) in [6.45, 7) is 0. The quantitative estimate of drug-likeness (QED) is 0.871. The summed E-state index contributed by atoms with van der Waals surface area (Å²) in [5, 5.41) is 4.05. The van der Waals surface area contributed by atoms with E-state index in [-0.39, 0.29) is 12.0 Å². The molecule has 1 fully saturated rings. The third-order valence-corrected chi connectivity index (χ3v) is 4.11. The van der Waals surface area contributed by atoms with Crippen molar-refractivity contribution in [2.75, 3.05) is 25.8 Å². The normalized spacial score (nSPS) is 22.8. The zero-order valence-electron chi connectivity index (χ0n) is 10.8. The molecular formula is C11H18N4O2S. The molecule has 1 aromatic rings. The summed E-state index contributed by atoms with van der Waals surface area (Å²) in [6.07, 6.45) is 5.67. The molecule has 1 aliphatic rings. The van der Waals surface area contributed by atoms with Crippen LogP contribution >= 0.6 is 11.8 Å². The van der Waals surface area contributed by atoms with Crippen molar-refractivity contribution in [3.8, 4) is 12.0 Å². The summed E-state index contributed by atoms with van der Waals surface area (Å²) >= 11 is 1.92. The molecule has 2 unspecified atom stereocenters. The van der Waals surface area contributed by atoms with Crippen molar-refractivity contribution in [3.63, 3.8) is 0 Å². The van der Waals surface area contributed by atoms with Gasteiger partial charge >= 0.3 is 12.0 Å². The molecule has 2 atom stereocenters. The number of nitrogens with zero attached hydrogens (tertiary/aromatic N) is 3. The van der Waals surface area contributed by atoms with Crippen molar-refractivity contribution < 1.29 is 9.47 Å². The SMILES string of the molecule is COc1nc(NC2CCC(SC)C2)nc(OC)n1. The second-order valence-corrected chi connectivity index (χ2v) is 5.28. The van der Waals surface area contributed by atoms with Crippen molar-refractivity contribution in [3.05, 3.63) is 0 Å². The average Bonchev–Trinajstić information content (AvgIpc) is 2.85. The van der Waals surface area contributed by atoms with Gasteiger partial charge in [0.2, 0.25) is 5.95 Å². The van der Waals surface area contributed by atoms with Crippen LogP contribution in [0.1, 0.15) is 19.3 Å². The Kier molecular flexibility index (Phi) is 4.46. The number of nitrogens with one attached hydrogen (secondary N) is 1. The molecule has 1 aliphatic carbocycles. The van der Waals surface area contributed by atoms with Crippen molar-refractivity contribution in [1.82, 2.24) is 15.0 Å². The summed E-state index contributed by atoms with van der Waals surface area (Å²) in [5.41, 5.74) is 0. The molecule has 1 heterocycles. The lowest BCUT2D eigenvalue weighted by Gasteiger charge is -2.13. The fourth-order valence-corrected chi connectivity index (χ4v) is 2.85. The van der Waals surface area contributed by atoms with Crippen LogP contribution in [0, 0.1) is 0 Å². The largest absolute Gasteiger partial charge is 0.467 e. The molecule has 0 radical (unpaired) electrons. The Morgan fingerprint density at radius 2 is 1.78 bits per heavy atom. The molecule has 100 valence electrons. The molecule has 0 spiro atoms. The van der Waals surface area contributed by atoms with Crippen LogP contribution in [-0.4, -0.2) is 46.7 Å². The third kappa shape index (κ3) is 3.16. The maximum Gasteiger partial charge on any atom is 0.324 e. The molecule has 1 aromatic heterocycles. The fraction of sp³-hybridized carbons (Fsp3) is 0.727. The van der Waals surface area contributed by atoms with Crippen LogP contribution < -0.4 is 14.8 Å². The number of ether oxygens (including phenoxy) is 2. The number of thioether (sulfide) groups is 1. The summed E-state index contributed by atoms with van der Waals surface area (Å²) in [7, 11) is 3.05. The highest BCUT2D eigenvalue weighted by Gasteiger charge is 2.24. The number of anilines is 1. The van der Waals surface area contributed by atoms with Gasteiger partial charge in [-0.05, 0) is 25.5 Å². The summed E-state index contributed by atoms with van der Waals surface area (Å²) < 4.78 is 10.0. The van der Waals surface area contributed by atoms with Crippen molar-refractivity contribution in [1.29, 1.82) is 0 Å². The molecule has 7 heteroatoms. The summed E-state index contributed by atoms with van der Waals surface area (Å²) in [4.78, 5) is 12.3. The number of aromatic nitrogens is 3. The third-order valence-electron chi connectivity index (χ3n) is 3.01. The smallest absolute Gasteiger partial charge is 0.324 e. The van der Waals surface area contributed by atoms with Crippen LogP contribution in [0.15, 0.2) is 0 Å². The standard InChI is InChI=1S/C11H18N4O2S/c1-16-10-13-9(14-11(15-10)17-2)12-7-4-5-8(6-7)18-3/h7-8H,4-6H2,1-3H3,(H,12,13,14,15). The Labute approximate surface area is 111 Å². The monoisotopic (exact) mass is 270 g/mol. The molecule has 6 nitrogen and oxygen atoms in total. The Balaban J connectivity index is 2.04. The lowest BCUT2D eigenvalue weighted by atomic mass is 10.2. The first-order valence-corrected chi connectivity index (χ1v) is 7.17. The lowest BCUT2D eigenvalue weighted by Crippen LogP contribution is -2.18. The van der Waals surface area contributed by atoms with E-state index >= 15 is 0 Å². The zero-order valence-corrected chi connectivity index (χ0v) is 11.7. The van der Waals surface area contributed by atoms with E-state index in [4.69, 9.17) is 9.47 Å². The second-order valence-electron chi connectivity index (χ2n) is 4.14. The van der Waals surface area contributed by atoms with Gasteiger partial charge in [0.15, 0.2) is 0 Å². The van der Waals surface area contributed by atoms with Gasteiger partial charge in [-0.3, -0.25) is 0 Å². The molecule has 0 aliphatic heterocycles. The van der Waals surface area contributed by atoms with Gasteiger partial charge in [-0.1, -0.05) is 0 Å². The van der Waals surface area contributed by atoms with Crippen molar-refractivity contribution in [2.24, 2.45) is 0 Å². The molecule has 0 saturated heterocycles. The predicted molar refractivity (Wildman–Crippen MR) is 71.5 cm³/mol. The Bertz CT molecular complexity index is 382. The van der Waals surface area contributed by atoms with Crippen LogP contribution in [0.3, 0.4) is 0 Å². The van der Waals surface area contributed by atoms with Gasteiger partial charge < -0.3 is 14.8 Å². The Morgan fingerprint density at radius 1 is 1.11 bits per heavy atom. The molecule has 18 heavy (non-hydrogen) atoms. The highest BCUT2D eigenvalue weighted by molar-refractivity contribution is 7.99. The molecule has 0 aromatic carbocycles. The predicted octanol–water partition coefficient (Wildman–Crippen LogP) is 1.58. The van der Waals surface area contributed by atoms with E-state index < -0.39 is 0 Å². The van der Waals surface area contributed by atoms with Crippen molar-refractivity contribution >= 4 is 17.7 Å². The number of methoxy groups -OCH3 is 2. The average molecular weight is 270 g/mol. The van der Waals surface area contributed by atoms with Crippen LogP contribution in [0.2, 0.25) is 0 Å². The summed E-state index contributed by atoms with van der Waals surface area (Å²) in [6, 6.07) is 0.951. The highest BCUT2D eigenvalue weighted by atomic mass is 32.2. The van der Waals surface area contributed by atoms with E-state index in [1.165, 1.54) is 20.6 Å². The second kappa shape index (κ2) is 6.08. The molecule has 1 N–H and O–H groups in total. The van der Waals surface area contributed by atoms with E-state index in [1.807, 2.05) is 11.8 Å². The van der Waals surface area contributed by atoms with Gasteiger partial charge in [0.05, 0.1) is 14.2 Å². The van der Waals surface area contributed by atoms with Crippen LogP contribution in [0.25, 0.3) is 0 Å². The molecular weight excluding hydrogens is 252 g/mol. The molecule has 2 rings (SSSR count). The van der Waals surface area contributed by atoms with Crippen LogP contribution in [0.4, 0.5) is 5.95 Å². The molecule has 1 saturated carbocycles. The van der Waals surface area contributed by atoms with Gasteiger partial charge in [-0.15, -0.1) is 4.98 Å². The Morgan fingerprint density at radius 3 is 2.28 bits per heavy atom. The van der Waals surface area contributed by atoms with E-state index in [0.29, 0.717) is 12.0 Å². The van der Waals surface area contributed by atoms with Gasteiger partial charge in [-0.25, -0.2) is 0 Å². The molecule has 0 amide bonds. The first kappa shape index (κ1) is 13.2. The van der Waals surface area contributed by atoms with Gasteiger partial charge in [0.1, 0.15) is 0 Å². The zero-order chi connectivity index (χ0) is 13.0. The number of hydrogen-bond donors (Lipinski definition) is 1. The highest BCUT2D eigenvalue weighted by Crippen LogP contribution is 2.29. The fourth-order valence-electron chi connectivity index (χ4n) is 2.05.